The van der Waals surface area contributed by atoms with Gasteiger partial charge in [0.25, 0.3) is 5.69 Å². The molecule has 0 saturated carbocycles. The normalized spacial score (nSPS) is 13.0. The van der Waals surface area contributed by atoms with Gasteiger partial charge in [0.05, 0.1) is 16.3 Å². The smallest absolute Gasteiger partial charge is 0.269 e. The number of non-ortho nitro benzene ring substituents is 1. The second-order valence-corrected chi connectivity index (χ2v) is 7.57. The number of nitro groups is 1. The Balaban J connectivity index is 2.14. The van der Waals surface area contributed by atoms with Crippen LogP contribution in [0.3, 0.4) is 0 Å². The quantitative estimate of drug-likeness (QED) is 0.405. The van der Waals surface area contributed by atoms with Gasteiger partial charge in [0.1, 0.15) is 0 Å². The van der Waals surface area contributed by atoms with Crippen LogP contribution in [0.1, 0.15) is 37.4 Å². The molecule has 0 fully saturated rings. The minimum atomic E-state index is -0.374. The Bertz CT molecular complexity index is 1030. The molecule has 5 nitrogen and oxygen atoms in total. The predicted octanol–water partition coefficient (Wildman–Crippen LogP) is 5.95. The minimum absolute atomic E-state index is 0.101. The zero-order valence-electron chi connectivity index (χ0n) is 16.0. The molecule has 0 aliphatic carbocycles. The van der Waals surface area contributed by atoms with E-state index in [1.54, 1.807) is 35.6 Å². The first-order chi connectivity index (χ1) is 12.9. The molecule has 1 aromatic heterocycles. The van der Waals surface area contributed by atoms with Crippen molar-refractivity contribution in [3.63, 3.8) is 0 Å². The molecule has 1 atom stereocenters. The summed E-state index contributed by atoms with van der Waals surface area (Å²) in [6.07, 6.45) is 0.969. The van der Waals surface area contributed by atoms with Gasteiger partial charge in [0, 0.05) is 23.6 Å². The molecule has 0 aliphatic heterocycles. The fraction of sp³-hybridized carbons (Fsp3) is 0.286. The number of hydrogen-bond donors (Lipinski definition) is 0. The fourth-order valence-corrected chi connectivity index (χ4v) is 4.02. The van der Waals surface area contributed by atoms with Crippen molar-refractivity contribution < 1.29 is 4.92 Å². The molecule has 6 heteroatoms. The maximum absolute atomic E-state index is 10.9. The third kappa shape index (κ3) is 4.01. The van der Waals surface area contributed by atoms with E-state index in [1.807, 2.05) is 0 Å². The van der Waals surface area contributed by atoms with Gasteiger partial charge in [0.2, 0.25) is 0 Å². The number of aromatic nitrogens is 1. The number of aryl methyl sites for hydroxylation is 2. The average molecular weight is 382 g/mol. The SMILES string of the molecule is CCC(C)n1c(-c2ccc([N+](=O)[O-])cc2)csc1=Nc1ccc(C)cc1C. The van der Waals surface area contributed by atoms with E-state index in [4.69, 9.17) is 4.99 Å². The van der Waals surface area contributed by atoms with Crippen LogP contribution in [0, 0.1) is 24.0 Å². The highest BCUT2D eigenvalue weighted by Gasteiger charge is 2.14. The van der Waals surface area contributed by atoms with Crippen molar-refractivity contribution in [2.75, 3.05) is 0 Å². The summed E-state index contributed by atoms with van der Waals surface area (Å²) in [5.74, 6) is 0. The second-order valence-electron chi connectivity index (χ2n) is 6.74. The first kappa shape index (κ1) is 19.0. The van der Waals surface area contributed by atoms with Crippen molar-refractivity contribution in [1.82, 2.24) is 4.57 Å². The number of nitro benzene ring substituents is 1. The van der Waals surface area contributed by atoms with E-state index in [0.29, 0.717) is 0 Å². The molecule has 3 rings (SSSR count). The molecule has 0 bridgehead atoms. The van der Waals surface area contributed by atoms with Crippen LogP contribution in [-0.4, -0.2) is 9.49 Å². The molecular formula is C21H23N3O2S. The van der Waals surface area contributed by atoms with Crippen LogP contribution in [0.15, 0.2) is 52.8 Å². The van der Waals surface area contributed by atoms with Crippen molar-refractivity contribution in [3.8, 4) is 11.3 Å². The predicted molar refractivity (Wildman–Crippen MR) is 111 cm³/mol. The van der Waals surface area contributed by atoms with E-state index >= 15 is 0 Å². The topological polar surface area (TPSA) is 60.4 Å². The number of hydrogen-bond acceptors (Lipinski definition) is 4. The molecule has 1 heterocycles. The van der Waals surface area contributed by atoms with Crippen LogP contribution in [0.25, 0.3) is 11.3 Å². The molecule has 140 valence electrons. The third-order valence-corrected chi connectivity index (χ3v) is 5.56. The molecule has 0 aliphatic rings. The monoisotopic (exact) mass is 381 g/mol. The third-order valence-electron chi connectivity index (χ3n) is 4.72. The van der Waals surface area contributed by atoms with Gasteiger partial charge >= 0.3 is 0 Å². The van der Waals surface area contributed by atoms with Crippen molar-refractivity contribution in [1.29, 1.82) is 0 Å². The van der Waals surface area contributed by atoms with E-state index in [1.165, 1.54) is 5.56 Å². The lowest BCUT2D eigenvalue weighted by atomic mass is 10.1. The number of thiazole rings is 1. The van der Waals surface area contributed by atoms with Crippen LogP contribution < -0.4 is 4.80 Å². The summed E-state index contributed by atoms with van der Waals surface area (Å²) in [6.45, 7) is 8.47. The molecule has 0 N–H and O–H groups in total. The van der Waals surface area contributed by atoms with Crippen LogP contribution in [0.2, 0.25) is 0 Å². The molecular weight excluding hydrogens is 358 g/mol. The Labute approximate surface area is 162 Å². The van der Waals surface area contributed by atoms with Crippen molar-refractivity contribution in [3.05, 3.63) is 73.9 Å². The van der Waals surface area contributed by atoms with Crippen LogP contribution in [-0.2, 0) is 0 Å². The minimum Gasteiger partial charge on any atom is -0.314 e. The van der Waals surface area contributed by atoms with Gasteiger partial charge in [-0.25, -0.2) is 4.99 Å². The Hall–Kier alpha value is -2.73. The fourth-order valence-electron chi connectivity index (χ4n) is 3.01. The van der Waals surface area contributed by atoms with Gasteiger partial charge in [-0.1, -0.05) is 24.6 Å². The van der Waals surface area contributed by atoms with Crippen LogP contribution >= 0.6 is 11.3 Å². The summed E-state index contributed by atoms with van der Waals surface area (Å²) in [5.41, 5.74) is 5.43. The molecule has 2 aromatic carbocycles. The van der Waals surface area contributed by atoms with E-state index in [-0.39, 0.29) is 16.7 Å². The first-order valence-electron chi connectivity index (χ1n) is 8.97. The second kappa shape index (κ2) is 7.88. The van der Waals surface area contributed by atoms with E-state index in [9.17, 15) is 10.1 Å². The highest BCUT2D eigenvalue weighted by atomic mass is 32.1. The summed E-state index contributed by atoms with van der Waals surface area (Å²) >= 11 is 1.60. The maximum atomic E-state index is 10.9. The Kier molecular flexibility index (Phi) is 5.56. The van der Waals surface area contributed by atoms with Gasteiger partial charge in [-0.05, 0) is 56.5 Å². The lowest BCUT2D eigenvalue weighted by Gasteiger charge is -2.15. The van der Waals surface area contributed by atoms with E-state index < -0.39 is 0 Å². The summed E-state index contributed by atoms with van der Waals surface area (Å²) in [6, 6.07) is 13.2. The standard InChI is InChI=1S/C21H23N3O2S/c1-5-16(4)23-20(17-7-9-18(10-8-17)24(25)26)13-27-21(23)22-19-11-6-14(2)12-15(19)3/h6-13,16H,5H2,1-4H3. The van der Waals surface area contributed by atoms with Crippen molar-refractivity contribution >= 4 is 22.7 Å². The summed E-state index contributed by atoms with van der Waals surface area (Å²) in [4.78, 5) is 16.4. The first-order valence-corrected chi connectivity index (χ1v) is 9.85. The molecule has 0 amide bonds. The molecule has 1 unspecified atom stereocenters. The summed E-state index contributed by atoms with van der Waals surface area (Å²) in [5, 5.41) is 13.0. The lowest BCUT2D eigenvalue weighted by molar-refractivity contribution is -0.384. The number of rotatable bonds is 5. The molecule has 3 aromatic rings. The molecule has 0 saturated heterocycles. The average Bonchev–Trinajstić information content (AvgIpc) is 3.07. The molecule has 0 radical (unpaired) electrons. The number of benzene rings is 2. The summed E-state index contributed by atoms with van der Waals surface area (Å²) < 4.78 is 2.23. The van der Waals surface area contributed by atoms with Crippen molar-refractivity contribution in [2.24, 2.45) is 4.99 Å². The largest absolute Gasteiger partial charge is 0.314 e. The van der Waals surface area contributed by atoms with Gasteiger partial charge < -0.3 is 4.57 Å². The van der Waals surface area contributed by atoms with Gasteiger partial charge in [-0.2, -0.15) is 0 Å². The van der Waals surface area contributed by atoms with E-state index in [0.717, 1.165) is 33.7 Å². The van der Waals surface area contributed by atoms with E-state index in [2.05, 4.69) is 55.8 Å². The Morgan fingerprint density at radius 2 is 1.89 bits per heavy atom. The van der Waals surface area contributed by atoms with Gasteiger partial charge in [-0.3, -0.25) is 10.1 Å². The Morgan fingerprint density at radius 1 is 1.19 bits per heavy atom. The van der Waals surface area contributed by atoms with Gasteiger partial charge in [0.15, 0.2) is 4.80 Å². The lowest BCUT2D eigenvalue weighted by Crippen LogP contribution is -2.19. The van der Waals surface area contributed by atoms with Gasteiger partial charge in [-0.15, -0.1) is 11.3 Å². The molecule has 0 spiro atoms. The zero-order valence-corrected chi connectivity index (χ0v) is 16.8. The zero-order chi connectivity index (χ0) is 19.6. The van der Waals surface area contributed by atoms with Crippen molar-refractivity contribution in [2.45, 2.75) is 40.2 Å². The maximum Gasteiger partial charge on any atom is 0.269 e. The highest BCUT2D eigenvalue weighted by Crippen LogP contribution is 2.27. The number of nitrogens with zero attached hydrogens (tertiary/aromatic N) is 3. The summed E-state index contributed by atoms with van der Waals surface area (Å²) in [7, 11) is 0. The molecule has 27 heavy (non-hydrogen) atoms. The van der Waals surface area contributed by atoms with Crippen LogP contribution in [0.5, 0.6) is 0 Å². The van der Waals surface area contributed by atoms with Crippen LogP contribution in [0.4, 0.5) is 11.4 Å². The highest BCUT2D eigenvalue weighted by molar-refractivity contribution is 7.07. The Morgan fingerprint density at radius 3 is 2.48 bits per heavy atom.